The highest BCUT2D eigenvalue weighted by Gasteiger charge is 2.35. The number of benzene rings is 1. The van der Waals surface area contributed by atoms with Gasteiger partial charge in [0.15, 0.2) is 5.82 Å². The summed E-state index contributed by atoms with van der Waals surface area (Å²) in [5, 5.41) is 14.3. The van der Waals surface area contributed by atoms with E-state index in [4.69, 9.17) is 4.74 Å². The summed E-state index contributed by atoms with van der Waals surface area (Å²) in [5.41, 5.74) is 1.80. The first kappa shape index (κ1) is 21.5. The lowest BCUT2D eigenvalue weighted by molar-refractivity contribution is -0.126. The molecule has 0 bridgehead atoms. The van der Waals surface area contributed by atoms with Crippen LogP contribution in [-0.4, -0.2) is 67.9 Å². The summed E-state index contributed by atoms with van der Waals surface area (Å²) < 4.78 is 6.28. The Bertz CT molecular complexity index is 937. The molecule has 0 saturated carbocycles. The number of amides is 2. The lowest BCUT2D eigenvalue weighted by Gasteiger charge is -2.28. The summed E-state index contributed by atoms with van der Waals surface area (Å²) in [7, 11) is 0. The number of rotatable bonds is 7. The molecule has 2 aromatic rings. The quantitative estimate of drug-likeness (QED) is 0.571. The van der Waals surface area contributed by atoms with Crippen molar-refractivity contribution in [3.05, 3.63) is 41.0 Å². The van der Waals surface area contributed by atoms with E-state index in [0.717, 1.165) is 28.9 Å². The Hall–Kier alpha value is -2.72. The molecule has 164 valence electrons. The highest BCUT2D eigenvalue weighted by molar-refractivity contribution is 9.10. The number of nitrogens with zero attached hydrogens (tertiary/aromatic N) is 4. The number of nitrogens with one attached hydrogen (secondary N) is 2. The largest absolute Gasteiger partial charge is 0.378 e. The Labute approximate surface area is 189 Å². The monoisotopic (exact) mass is 488 g/mol. The molecule has 9 nitrogen and oxygen atoms in total. The van der Waals surface area contributed by atoms with Gasteiger partial charge in [-0.1, -0.05) is 22.0 Å². The second-order valence-electron chi connectivity index (χ2n) is 7.50. The highest BCUT2D eigenvalue weighted by Crippen LogP contribution is 2.27. The summed E-state index contributed by atoms with van der Waals surface area (Å²) in [5.74, 6) is 0.165. The molecular formula is C21H25BrN6O3. The fourth-order valence-corrected chi connectivity index (χ4v) is 4.12. The van der Waals surface area contributed by atoms with E-state index in [-0.39, 0.29) is 24.2 Å². The fourth-order valence-electron chi connectivity index (χ4n) is 3.73. The summed E-state index contributed by atoms with van der Waals surface area (Å²) in [6.45, 7) is 4.42. The van der Waals surface area contributed by atoms with Crippen molar-refractivity contribution >= 4 is 44.9 Å². The molecule has 1 aromatic heterocycles. The third-order valence-electron chi connectivity index (χ3n) is 5.36. The molecule has 2 fully saturated rings. The normalized spacial score (nSPS) is 18.9. The van der Waals surface area contributed by atoms with Crippen LogP contribution in [-0.2, 0) is 14.3 Å². The van der Waals surface area contributed by atoms with Crippen molar-refractivity contribution in [3.8, 4) is 0 Å². The Balaban J connectivity index is 1.23. The molecule has 2 N–H and O–H groups in total. The standard InChI is InChI=1S/C21H25BrN6O3/c22-16-2-1-3-17(11-16)28-14-15(10-20(28)29)21(30)24-5-4-23-19-12-18(13-25-26-19)27-6-8-31-9-7-27/h1-3,11-13,15H,4-10,14H2,(H,23,26)(H,24,30). The number of carbonyl (C=O) groups excluding carboxylic acids is 2. The molecule has 2 amide bonds. The third-order valence-corrected chi connectivity index (χ3v) is 5.86. The average molecular weight is 489 g/mol. The molecule has 10 heteroatoms. The maximum Gasteiger partial charge on any atom is 0.227 e. The molecule has 31 heavy (non-hydrogen) atoms. The van der Waals surface area contributed by atoms with E-state index in [2.05, 4.69) is 41.7 Å². The predicted molar refractivity (Wildman–Crippen MR) is 121 cm³/mol. The van der Waals surface area contributed by atoms with Gasteiger partial charge in [0.05, 0.1) is 31.0 Å². The van der Waals surface area contributed by atoms with E-state index in [1.54, 1.807) is 11.1 Å². The van der Waals surface area contributed by atoms with Crippen molar-refractivity contribution in [1.29, 1.82) is 0 Å². The zero-order valence-corrected chi connectivity index (χ0v) is 18.7. The first-order chi connectivity index (χ1) is 15.1. The summed E-state index contributed by atoms with van der Waals surface area (Å²) in [6.07, 6.45) is 1.96. The minimum Gasteiger partial charge on any atom is -0.378 e. The number of aromatic nitrogens is 2. The van der Waals surface area contributed by atoms with Crippen molar-refractivity contribution in [1.82, 2.24) is 15.5 Å². The zero-order valence-electron chi connectivity index (χ0n) is 17.1. The third kappa shape index (κ3) is 5.50. The van der Waals surface area contributed by atoms with Crippen LogP contribution in [0.5, 0.6) is 0 Å². The maximum absolute atomic E-state index is 12.5. The van der Waals surface area contributed by atoms with Crippen LogP contribution in [0.1, 0.15) is 6.42 Å². The molecular weight excluding hydrogens is 464 g/mol. The summed E-state index contributed by atoms with van der Waals surface area (Å²) in [4.78, 5) is 28.8. The van der Waals surface area contributed by atoms with Crippen LogP contribution in [0.15, 0.2) is 41.0 Å². The van der Waals surface area contributed by atoms with Gasteiger partial charge in [0.25, 0.3) is 0 Å². The van der Waals surface area contributed by atoms with Gasteiger partial charge in [-0.2, -0.15) is 5.10 Å². The maximum atomic E-state index is 12.5. The second kappa shape index (κ2) is 10.1. The first-order valence-electron chi connectivity index (χ1n) is 10.3. The number of anilines is 3. The molecule has 3 heterocycles. The molecule has 4 rings (SSSR count). The van der Waals surface area contributed by atoms with Gasteiger partial charge >= 0.3 is 0 Å². The van der Waals surface area contributed by atoms with Gasteiger partial charge in [-0.25, -0.2) is 0 Å². The molecule has 1 unspecified atom stereocenters. The molecule has 0 spiro atoms. The Morgan fingerprint density at radius 2 is 2.03 bits per heavy atom. The SMILES string of the molecule is O=C(NCCNc1cc(N2CCOCC2)cnn1)C1CC(=O)N(c2cccc(Br)c2)C1. The van der Waals surface area contributed by atoms with Gasteiger partial charge in [0.2, 0.25) is 11.8 Å². The van der Waals surface area contributed by atoms with Crippen molar-refractivity contribution in [3.63, 3.8) is 0 Å². The highest BCUT2D eigenvalue weighted by atomic mass is 79.9. The molecule has 0 aliphatic carbocycles. The van der Waals surface area contributed by atoms with Crippen molar-refractivity contribution in [2.75, 3.05) is 61.1 Å². The minimum atomic E-state index is -0.351. The average Bonchev–Trinajstić information content (AvgIpc) is 3.19. The van der Waals surface area contributed by atoms with Crippen LogP contribution in [0.4, 0.5) is 17.2 Å². The number of hydrogen-bond acceptors (Lipinski definition) is 7. The van der Waals surface area contributed by atoms with E-state index in [1.807, 2.05) is 30.3 Å². The molecule has 2 saturated heterocycles. The topological polar surface area (TPSA) is 99.7 Å². The zero-order chi connectivity index (χ0) is 21.6. The van der Waals surface area contributed by atoms with Crippen LogP contribution in [0.2, 0.25) is 0 Å². The molecule has 2 aliphatic rings. The van der Waals surface area contributed by atoms with Gasteiger partial charge in [-0.15, -0.1) is 5.10 Å². The van der Waals surface area contributed by atoms with Crippen molar-refractivity contribution in [2.24, 2.45) is 5.92 Å². The van der Waals surface area contributed by atoms with Crippen LogP contribution in [0.25, 0.3) is 0 Å². The van der Waals surface area contributed by atoms with Crippen LogP contribution in [0.3, 0.4) is 0 Å². The fraction of sp³-hybridized carbons (Fsp3) is 0.429. The predicted octanol–water partition coefficient (Wildman–Crippen LogP) is 1.66. The Kier molecular flexibility index (Phi) is 6.98. The van der Waals surface area contributed by atoms with Crippen LogP contribution >= 0.6 is 15.9 Å². The number of morpholine rings is 1. The van der Waals surface area contributed by atoms with Crippen molar-refractivity contribution in [2.45, 2.75) is 6.42 Å². The van der Waals surface area contributed by atoms with E-state index >= 15 is 0 Å². The number of ether oxygens (including phenoxy) is 1. The van der Waals surface area contributed by atoms with Gasteiger partial charge in [0.1, 0.15) is 0 Å². The smallest absolute Gasteiger partial charge is 0.227 e. The van der Waals surface area contributed by atoms with E-state index in [1.165, 1.54) is 0 Å². The van der Waals surface area contributed by atoms with Gasteiger partial charge in [-0.3, -0.25) is 9.59 Å². The lowest BCUT2D eigenvalue weighted by Crippen LogP contribution is -2.36. The van der Waals surface area contributed by atoms with Crippen LogP contribution < -0.4 is 20.4 Å². The van der Waals surface area contributed by atoms with Crippen molar-refractivity contribution < 1.29 is 14.3 Å². The molecule has 1 atom stereocenters. The number of hydrogen-bond donors (Lipinski definition) is 2. The number of carbonyl (C=O) groups is 2. The summed E-state index contributed by atoms with van der Waals surface area (Å²) in [6, 6.07) is 9.49. The number of halogens is 1. The summed E-state index contributed by atoms with van der Waals surface area (Å²) >= 11 is 3.42. The van der Waals surface area contributed by atoms with E-state index in [0.29, 0.717) is 38.7 Å². The molecule has 2 aliphatic heterocycles. The first-order valence-corrected chi connectivity index (χ1v) is 11.1. The van der Waals surface area contributed by atoms with Gasteiger partial charge < -0.3 is 25.2 Å². The molecule has 1 aromatic carbocycles. The molecule has 0 radical (unpaired) electrons. The Morgan fingerprint density at radius 3 is 2.84 bits per heavy atom. The second-order valence-corrected chi connectivity index (χ2v) is 8.42. The van der Waals surface area contributed by atoms with E-state index < -0.39 is 0 Å². The van der Waals surface area contributed by atoms with Gasteiger partial charge in [0, 0.05) is 55.4 Å². The van der Waals surface area contributed by atoms with Gasteiger partial charge in [-0.05, 0) is 18.2 Å². The van der Waals surface area contributed by atoms with E-state index in [9.17, 15) is 9.59 Å². The Morgan fingerprint density at radius 1 is 1.19 bits per heavy atom. The minimum absolute atomic E-state index is 0.0356. The lowest BCUT2D eigenvalue weighted by atomic mass is 10.1. The van der Waals surface area contributed by atoms with Crippen LogP contribution in [0, 0.1) is 5.92 Å².